The van der Waals surface area contributed by atoms with Gasteiger partial charge in [-0.2, -0.15) is 0 Å². The van der Waals surface area contributed by atoms with Crippen LogP contribution >= 0.6 is 0 Å². The average Bonchev–Trinajstić information content (AvgIpc) is 2.70. The fourth-order valence-electron chi connectivity index (χ4n) is 1.81. The summed E-state index contributed by atoms with van der Waals surface area (Å²) in [6, 6.07) is 0. The van der Waals surface area contributed by atoms with E-state index < -0.39 is 0 Å². The fraction of sp³-hybridized carbons (Fsp3) is 0.750. The summed E-state index contributed by atoms with van der Waals surface area (Å²) < 4.78 is 5.10. The second kappa shape index (κ2) is 5.18. The Morgan fingerprint density at radius 2 is 2.14 bits per heavy atom. The molecule has 0 bridgehead atoms. The molecule has 0 amide bonds. The monoisotopic (exact) mass is 196 g/mol. The third kappa shape index (κ3) is 3.17. The summed E-state index contributed by atoms with van der Waals surface area (Å²) in [6.07, 6.45) is 6.25. The van der Waals surface area contributed by atoms with Crippen molar-refractivity contribution in [1.82, 2.24) is 0 Å². The molecule has 0 saturated heterocycles. The van der Waals surface area contributed by atoms with Crippen molar-refractivity contribution < 1.29 is 9.53 Å². The first kappa shape index (κ1) is 11.3. The third-order valence-corrected chi connectivity index (χ3v) is 2.76. The molecule has 1 saturated carbocycles. The van der Waals surface area contributed by atoms with Gasteiger partial charge in [0, 0.05) is 12.8 Å². The van der Waals surface area contributed by atoms with Gasteiger partial charge in [-0.3, -0.25) is 4.79 Å². The highest BCUT2D eigenvalue weighted by Gasteiger charge is 2.44. The molecule has 0 aromatic rings. The van der Waals surface area contributed by atoms with Crippen LogP contribution in [-0.2, 0) is 9.53 Å². The first-order chi connectivity index (χ1) is 6.66. The van der Waals surface area contributed by atoms with Crippen molar-refractivity contribution in [1.29, 1.82) is 0 Å². The van der Waals surface area contributed by atoms with Gasteiger partial charge in [0.2, 0.25) is 0 Å². The summed E-state index contributed by atoms with van der Waals surface area (Å²) in [6.45, 7) is 7.57. The highest BCUT2D eigenvalue weighted by Crippen LogP contribution is 2.43. The van der Waals surface area contributed by atoms with Gasteiger partial charge >= 0.3 is 5.97 Å². The summed E-state index contributed by atoms with van der Waals surface area (Å²) in [5.74, 6) is 0.267. The Bertz CT molecular complexity index is 220. The predicted molar refractivity (Wildman–Crippen MR) is 56.9 cm³/mol. The molecule has 0 aromatic carbocycles. The van der Waals surface area contributed by atoms with Gasteiger partial charge in [-0.05, 0) is 12.0 Å². The van der Waals surface area contributed by atoms with E-state index in [1.54, 1.807) is 0 Å². The predicted octanol–water partition coefficient (Wildman–Crippen LogP) is 3.07. The molecule has 0 N–H and O–H groups in total. The lowest BCUT2D eigenvalue weighted by atomic mass is 10.1. The Morgan fingerprint density at radius 1 is 1.43 bits per heavy atom. The molecule has 0 aromatic heterocycles. The number of unbranched alkanes of at least 4 members (excludes halogenated alkanes) is 3. The molecule has 2 heteroatoms. The Kier molecular flexibility index (Phi) is 4.18. The van der Waals surface area contributed by atoms with E-state index in [9.17, 15) is 4.79 Å². The fourth-order valence-corrected chi connectivity index (χ4v) is 1.81. The van der Waals surface area contributed by atoms with Crippen molar-refractivity contribution in [3.05, 3.63) is 12.2 Å². The van der Waals surface area contributed by atoms with Crippen LogP contribution in [-0.4, -0.2) is 12.1 Å². The van der Waals surface area contributed by atoms with Crippen LogP contribution in [0.25, 0.3) is 0 Å². The van der Waals surface area contributed by atoms with Crippen molar-refractivity contribution in [2.24, 2.45) is 5.92 Å². The molecule has 14 heavy (non-hydrogen) atoms. The van der Waals surface area contributed by atoms with E-state index >= 15 is 0 Å². The number of carbonyl (C=O) groups excluding carboxylic acids is 1. The van der Waals surface area contributed by atoms with Gasteiger partial charge in [-0.1, -0.05) is 39.2 Å². The maximum Gasteiger partial charge on any atom is 0.303 e. The molecule has 0 heterocycles. The van der Waals surface area contributed by atoms with Crippen LogP contribution in [0, 0.1) is 5.92 Å². The Labute approximate surface area is 86.3 Å². The van der Waals surface area contributed by atoms with Gasteiger partial charge in [0.25, 0.3) is 0 Å². The molecule has 0 spiro atoms. The SMILES string of the molecule is C=C1C(CCCCCC)C1OC(C)=O. The lowest BCUT2D eigenvalue weighted by Gasteiger charge is -1.99. The zero-order chi connectivity index (χ0) is 10.6. The normalized spacial score (nSPS) is 24.9. The molecule has 1 rings (SSSR count). The van der Waals surface area contributed by atoms with E-state index in [2.05, 4.69) is 13.5 Å². The van der Waals surface area contributed by atoms with Gasteiger partial charge < -0.3 is 4.74 Å². The molecule has 1 aliphatic rings. The second-order valence-electron chi connectivity index (χ2n) is 4.06. The first-order valence-corrected chi connectivity index (χ1v) is 5.52. The highest BCUT2D eigenvalue weighted by molar-refractivity contribution is 5.67. The summed E-state index contributed by atoms with van der Waals surface area (Å²) in [5.41, 5.74) is 1.11. The Balaban J connectivity index is 2.10. The minimum atomic E-state index is -0.188. The number of hydrogen-bond donors (Lipinski definition) is 0. The molecule has 1 aliphatic carbocycles. The Hall–Kier alpha value is -0.790. The largest absolute Gasteiger partial charge is 0.457 e. The number of ether oxygens (including phenoxy) is 1. The highest BCUT2D eigenvalue weighted by atomic mass is 16.5. The topological polar surface area (TPSA) is 26.3 Å². The van der Waals surface area contributed by atoms with Crippen molar-refractivity contribution in [3.8, 4) is 0 Å². The average molecular weight is 196 g/mol. The third-order valence-electron chi connectivity index (χ3n) is 2.76. The molecule has 2 nitrogen and oxygen atoms in total. The maximum absolute atomic E-state index is 10.7. The van der Waals surface area contributed by atoms with Crippen LogP contribution in [0.2, 0.25) is 0 Å². The lowest BCUT2D eigenvalue weighted by Crippen LogP contribution is -2.02. The van der Waals surface area contributed by atoms with Crippen molar-refractivity contribution in [2.75, 3.05) is 0 Å². The summed E-state index contributed by atoms with van der Waals surface area (Å²) >= 11 is 0. The molecule has 2 unspecified atom stereocenters. The number of hydrogen-bond acceptors (Lipinski definition) is 2. The van der Waals surface area contributed by atoms with Crippen molar-refractivity contribution >= 4 is 5.97 Å². The van der Waals surface area contributed by atoms with Gasteiger partial charge in [-0.25, -0.2) is 0 Å². The van der Waals surface area contributed by atoms with E-state index in [0.717, 1.165) is 12.0 Å². The smallest absolute Gasteiger partial charge is 0.303 e. The minimum Gasteiger partial charge on any atom is -0.457 e. The molecule has 1 fully saturated rings. The molecule has 0 radical (unpaired) electrons. The summed E-state index contributed by atoms with van der Waals surface area (Å²) in [7, 11) is 0. The Morgan fingerprint density at radius 3 is 2.71 bits per heavy atom. The van der Waals surface area contributed by atoms with E-state index in [0.29, 0.717) is 5.92 Å². The summed E-state index contributed by atoms with van der Waals surface area (Å²) in [4.78, 5) is 10.7. The molecular weight excluding hydrogens is 176 g/mol. The van der Waals surface area contributed by atoms with Crippen LogP contribution < -0.4 is 0 Å². The quantitative estimate of drug-likeness (QED) is 0.371. The van der Waals surface area contributed by atoms with E-state index in [1.807, 2.05) is 0 Å². The second-order valence-corrected chi connectivity index (χ2v) is 4.06. The number of rotatable bonds is 6. The van der Waals surface area contributed by atoms with Crippen molar-refractivity contribution in [2.45, 2.75) is 52.1 Å². The maximum atomic E-state index is 10.7. The number of esters is 1. The molecule has 0 aliphatic heterocycles. The van der Waals surface area contributed by atoms with E-state index in [1.165, 1.54) is 32.6 Å². The van der Waals surface area contributed by atoms with Gasteiger partial charge in [0.05, 0.1) is 0 Å². The lowest BCUT2D eigenvalue weighted by molar-refractivity contribution is -0.142. The summed E-state index contributed by atoms with van der Waals surface area (Å²) in [5, 5.41) is 0. The zero-order valence-electron chi connectivity index (χ0n) is 9.21. The van der Waals surface area contributed by atoms with E-state index in [4.69, 9.17) is 4.74 Å². The van der Waals surface area contributed by atoms with Crippen LogP contribution in [0.5, 0.6) is 0 Å². The van der Waals surface area contributed by atoms with Gasteiger partial charge in [-0.15, -0.1) is 0 Å². The molecule has 80 valence electrons. The van der Waals surface area contributed by atoms with Crippen LogP contribution in [0.15, 0.2) is 12.2 Å². The van der Waals surface area contributed by atoms with Gasteiger partial charge in [0.15, 0.2) is 0 Å². The van der Waals surface area contributed by atoms with E-state index in [-0.39, 0.29) is 12.1 Å². The van der Waals surface area contributed by atoms with Crippen LogP contribution in [0.4, 0.5) is 0 Å². The minimum absolute atomic E-state index is 0.0362. The standard InChI is InChI=1S/C12H20O2/c1-4-5-6-7-8-11-9(2)12(11)14-10(3)13/h11-12H,2,4-8H2,1,3H3. The van der Waals surface area contributed by atoms with Crippen LogP contribution in [0.3, 0.4) is 0 Å². The zero-order valence-corrected chi connectivity index (χ0v) is 9.21. The molecule has 2 atom stereocenters. The first-order valence-electron chi connectivity index (χ1n) is 5.52. The number of carbonyl (C=O) groups is 1. The van der Waals surface area contributed by atoms with Gasteiger partial charge in [0.1, 0.15) is 6.10 Å². The molecular formula is C12H20O2. The van der Waals surface area contributed by atoms with Crippen molar-refractivity contribution in [3.63, 3.8) is 0 Å². The van der Waals surface area contributed by atoms with Crippen LogP contribution in [0.1, 0.15) is 46.0 Å².